The zero-order chi connectivity index (χ0) is 13.7. The molecule has 0 atom stereocenters. The van der Waals surface area contributed by atoms with Crippen molar-refractivity contribution in [1.29, 1.82) is 0 Å². The van der Waals surface area contributed by atoms with E-state index >= 15 is 0 Å². The summed E-state index contributed by atoms with van der Waals surface area (Å²) in [6, 6.07) is 9.90. The number of hydrogen-bond donors (Lipinski definition) is 1. The van der Waals surface area contributed by atoms with Gasteiger partial charge in [0.05, 0.1) is 18.4 Å². The van der Waals surface area contributed by atoms with Gasteiger partial charge in [0.1, 0.15) is 0 Å². The number of likely N-dealkylation sites (N-methyl/N-ethyl adjacent to an activating group) is 2. The number of carbonyl (C=O) groups is 1. The molecule has 5 nitrogen and oxygen atoms in total. The van der Waals surface area contributed by atoms with Gasteiger partial charge in [0.2, 0.25) is 5.91 Å². The number of halogens is 1. The minimum Gasteiger partial charge on any atom is -0.340 e. The van der Waals surface area contributed by atoms with Crippen LogP contribution in [0, 0.1) is 0 Å². The van der Waals surface area contributed by atoms with Crippen molar-refractivity contribution >= 4 is 18.3 Å². The molecule has 1 aromatic heterocycles. The van der Waals surface area contributed by atoms with Crippen LogP contribution in [0.3, 0.4) is 0 Å². The van der Waals surface area contributed by atoms with E-state index in [1.54, 1.807) is 25.2 Å². The molecule has 0 fully saturated rings. The topological polar surface area (TPSA) is 50.2 Å². The number of nitrogens with one attached hydrogen (secondary N) is 1. The van der Waals surface area contributed by atoms with Crippen molar-refractivity contribution in [2.24, 2.45) is 0 Å². The highest BCUT2D eigenvalue weighted by molar-refractivity contribution is 5.85. The molecule has 0 spiro atoms. The first-order valence-corrected chi connectivity index (χ1v) is 6.18. The van der Waals surface area contributed by atoms with Gasteiger partial charge in [-0.25, -0.2) is 4.68 Å². The zero-order valence-electron chi connectivity index (χ0n) is 11.6. The summed E-state index contributed by atoms with van der Waals surface area (Å²) >= 11 is 0. The molecule has 1 amide bonds. The molecular weight excluding hydrogens is 276 g/mol. The normalized spacial score (nSPS) is 9.90. The Hall–Kier alpha value is -1.85. The van der Waals surface area contributed by atoms with Gasteiger partial charge >= 0.3 is 0 Å². The maximum Gasteiger partial charge on any atom is 0.236 e. The summed E-state index contributed by atoms with van der Waals surface area (Å²) in [4.78, 5) is 13.3. The third kappa shape index (κ3) is 4.08. The Morgan fingerprint density at radius 3 is 2.70 bits per heavy atom. The summed E-state index contributed by atoms with van der Waals surface area (Å²) in [5, 5.41) is 7.16. The van der Waals surface area contributed by atoms with E-state index < -0.39 is 0 Å². The van der Waals surface area contributed by atoms with Gasteiger partial charge in [-0.15, -0.1) is 12.4 Å². The largest absolute Gasteiger partial charge is 0.340 e. The molecule has 2 aromatic rings. The van der Waals surface area contributed by atoms with Crippen molar-refractivity contribution in [2.45, 2.75) is 6.54 Å². The highest BCUT2D eigenvalue weighted by Crippen LogP contribution is 2.09. The fourth-order valence-corrected chi connectivity index (χ4v) is 1.81. The Morgan fingerprint density at radius 1 is 1.35 bits per heavy atom. The molecule has 0 radical (unpaired) electrons. The van der Waals surface area contributed by atoms with Crippen LogP contribution >= 0.6 is 12.4 Å². The lowest BCUT2D eigenvalue weighted by Crippen LogP contribution is -2.33. The molecule has 20 heavy (non-hydrogen) atoms. The molecule has 0 aliphatic heterocycles. The van der Waals surface area contributed by atoms with Crippen LogP contribution in [0.2, 0.25) is 0 Å². The summed E-state index contributed by atoms with van der Waals surface area (Å²) < 4.78 is 1.81. The Bertz CT molecular complexity index is 541. The quantitative estimate of drug-likeness (QED) is 0.908. The fraction of sp³-hybridized carbons (Fsp3) is 0.286. The first kappa shape index (κ1) is 16.2. The molecule has 0 aliphatic rings. The van der Waals surface area contributed by atoms with Gasteiger partial charge in [-0.05, 0) is 19.2 Å². The number of rotatable bonds is 5. The highest BCUT2D eigenvalue weighted by Gasteiger charge is 2.09. The Morgan fingerprint density at radius 2 is 2.05 bits per heavy atom. The van der Waals surface area contributed by atoms with Gasteiger partial charge in [0.15, 0.2) is 0 Å². The van der Waals surface area contributed by atoms with Crippen LogP contribution in [-0.4, -0.2) is 41.2 Å². The van der Waals surface area contributed by atoms with Crippen molar-refractivity contribution < 1.29 is 4.79 Å². The van der Waals surface area contributed by atoms with Gasteiger partial charge in [0.25, 0.3) is 0 Å². The van der Waals surface area contributed by atoms with E-state index in [-0.39, 0.29) is 18.3 Å². The van der Waals surface area contributed by atoms with Crippen LogP contribution in [0.1, 0.15) is 5.56 Å². The number of para-hydroxylation sites is 1. The molecule has 1 aromatic carbocycles. The Kier molecular flexibility index (Phi) is 6.21. The number of aromatic nitrogens is 2. The van der Waals surface area contributed by atoms with Crippen LogP contribution in [0.5, 0.6) is 0 Å². The predicted octanol–water partition coefficient (Wildman–Crippen LogP) is 1.47. The SMILES string of the molecule is CNCC(=O)N(C)Cc1cnn(-c2ccccc2)c1.Cl. The van der Waals surface area contributed by atoms with Crippen molar-refractivity contribution in [3.8, 4) is 5.69 Å². The molecule has 0 saturated carbocycles. The predicted molar refractivity (Wildman–Crippen MR) is 81.2 cm³/mol. The van der Waals surface area contributed by atoms with E-state index in [0.29, 0.717) is 13.1 Å². The number of benzene rings is 1. The van der Waals surface area contributed by atoms with Crippen molar-refractivity contribution in [3.63, 3.8) is 0 Å². The van der Waals surface area contributed by atoms with Crippen molar-refractivity contribution in [1.82, 2.24) is 20.0 Å². The lowest BCUT2D eigenvalue weighted by molar-refractivity contribution is -0.129. The number of nitrogens with zero attached hydrogens (tertiary/aromatic N) is 3. The lowest BCUT2D eigenvalue weighted by atomic mass is 10.3. The standard InChI is InChI=1S/C14H18N4O.ClH/c1-15-9-14(19)17(2)10-12-8-16-18(11-12)13-6-4-3-5-7-13;/h3-8,11,15H,9-10H2,1-2H3;1H. The first-order valence-electron chi connectivity index (χ1n) is 6.18. The van der Waals surface area contributed by atoms with Crippen LogP contribution in [0.15, 0.2) is 42.7 Å². The van der Waals surface area contributed by atoms with Gasteiger partial charge in [-0.1, -0.05) is 18.2 Å². The third-order valence-corrected chi connectivity index (χ3v) is 2.83. The lowest BCUT2D eigenvalue weighted by Gasteiger charge is -2.15. The van der Waals surface area contributed by atoms with Gasteiger partial charge in [-0.3, -0.25) is 4.79 Å². The minimum absolute atomic E-state index is 0. The summed E-state index contributed by atoms with van der Waals surface area (Å²) in [6.45, 7) is 0.913. The van der Waals surface area contributed by atoms with Gasteiger partial charge in [0, 0.05) is 25.4 Å². The second kappa shape index (κ2) is 7.67. The summed E-state index contributed by atoms with van der Waals surface area (Å²) in [7, 11) is 3.55. The summed E-state index contributed by atoms with van der Waals surface area (Å²) in [6.07, 6.45) is 3.73. The molecule has 1 heterocycles. The smallest absolute Gasteiger partial charge is 0.236 e. The third-order valence-electron chi connectivity index (χ3n) is 2.83. The second-order valence-electron chi connectivity index (χ2n) is 4.41. The molecule has 108 valence electrons. The molecule has 6 heteroatoms. The maximum atomic E-state index is 11.7. The maximum absolute atomic E-state index is 11.7. The van der Waals surface area contributed by atoms with Crippen molar-refractivity contribution in [2.75, 3.05) is 20.6 Å². The van der Waals surface area contributed by atoms with E-state index in [1.807, 2.05) is 41.2 Å². The van der Waals surface area contributed by atoms with E-state index in [1.165, 1.54) is 0 Å². The van der Waals surface area contributed by atoms with E-state index in [9.17, 15) is 4.79 Å². The monoisotopic (exact) mass is 294 g/mol. The number of amides is 1. The second-order valence-corrected chi connectivity index (χ2v) is 4.41. The van der Waals surface area contributed by atoms with Crippen molar-refractivity contribution in [3.05, 3.63) is 48.3 Å². The minimum atomic E-state index is 0. The summed E-state index contributed by atoms with van der Waals surface area (Å²) in [5.74, 6) is 0.0648. The Labute approximate surface area is 125 Å². The fourth-order valence-electron chi connectivity index (χ4n) is 1.81. The van der Waals surface area contributed by atoms with E-state index in [0.717, 1.165) is 11.3 Å². The molecule has 0 bridgehead atoms. The van der Waals surface area contributed by atoms with E-state index in [4.69, 9.17) is 0 Å². The average molecular weight is 295 g/mol. The molecule has 2 rings (SSSR count). The Balaban J connectivity index is 0.00000200. The average Bonchev–Trinajstić information content (AvgIpc) is 2.88. The van der Waals surface area contributed by atoms with Crippen LogP contribution in [-0.2, 0) is 11.3 Å². The summed E-state index contributed by atoms with van der Waals surface area (Å²) in [5.41, 5.74) is 2.02. The van der Waals surface area contributed by atoms with Crippen LogP contribution in [0.4, 0.5) is 0 Å². The molecule has 1 N–H and O–H groups in total. The number of carbonyl (C=O) groups excluding carboxylic acids is 1. The molecular formula is C14H19ClN4O. The molecule has 0 unspecified atom stereocenters. The number of hydrogen-bond acceptors (Lipinski definition) is 3. The van der Waals surface area contributed by atoms with Gasteiger partial charge < -0.3 is 10.2 Å². The first-order chi connectivity index (χ1) is 9.20. The van der Waals surface area contributed by atoms with Crippen LogP contribution in [0.25, 0.3) is 5.69 Å². The highest BCUT2D eigenvalue weighted by atomic mass is 35.5. The van der Waals surface area contributed by atoms with E-state index in [2.05, 4.69) is 10.4 Å². The zero-order valence-corrected chi connectivity index (χ0v) is 12.4. The van der Waals surface area contributed by atoms with Crippen LogP contribution < -0.4 is 5.32 Å². The molecule has 0 aliphatic carbocycles. The molecule has 0 saturated heterocycles. The van der Waals surface area contributed by atoms with Gasteiger partial charge in [-0.2, -0.15) is 5.10 Å².